The van der Waals surface area contributed by atoms with Crippen LogP contribution in [0.1, 0.15) is 42.0 Å². The topological polar surface area (TPSA) is 96.8 Å². The minimum Gasteiger partial charge on any atom is -0.449 e. The predicted molar refractivity (Wildman–Crippen MR) is 145 cm³/mol. The molecule has 0 spiro atoms. The third-order valence-electron chi connectivity index (χ3n) is 8.25. The molecule has 2 aromatic carbocycles. The van der Waals surface area contributed by atoms with Crippen molar-refractivity contribution in [3.63, 3.8) is 0 Å². The van der Waals surface area contributed by atoms with Gasteiger partial charge >= 0.3 is 22.4 Å². The Hall–Kier alpha value is -3.35. The molecule has 0 saturated carbocycles. The largest absolute Gasteiger partial charge is 0.511 e. The summed E-state index contributed by atoms with van der Waals surface area (Å²) in [4.78, 5) is 16.4. The summed E-state index contributed by atoms with van der Waals surface area (Å²) in [7, 11) is -3.32. The number of halogens is 4. The normalized spacial score (nSPS) is 19.4. The Kier molecular flexibility index (Phi) is 7.68. The maximum atomic E-state index is 14.7. The van der Waals surface area contributed by atoms with Crippen LogP contribution in [0, 0.1) is 0 Å². The number of carbonyl (C=O) groups is 1. The van der Waals surface area contributed by atoms with Crippen LogP contribution >= 0.6 is 11.6 Å². The Labute approximate surface area is 240 Å². The number of aromatic nitrogens is 1. The third-order valence-corrected chi connectivity index (χ3v) is 11.2. The van der Waals surface area contributed by atoms with Crippen molar-refractivity contribution in [2.24, 2.45) is 0 Å². The fraction of sp³-hybridized carbons (Fsp3) is 0.357. The Morgan fingerprint density at radius 1 is 1.10 bits per heavy atom. The van der Waals surface area contributed by atoms with Gasteiger partial charge in [-0.1, -0.05) is 23.7 Å². The van der Waals surface area contributed by atoms with E-state index < -0.39 is 53.8 Å². The maximum absolute atomic E-state index is 14.7. The van der Waals surface area contributed by atoms with Crippen LogP contribution in [-0.4, -0.2) is 54.7 Å². The summed E-state index contributed by atoms with van der Waals surface area (Å²) >= 11 is 6.27. The number of anilines is 1. The van der Waals surface area contributed by atoms with Gasteiger partial charge in [0.05, 0.1) is 17.6 Å². The van der Waals surface area contributed by atoms with Gasteiger partial charge in [-0.2, -0.15) is 21.6 Å². The number of ether oxygens (including phenoxy) is 1. The first kappa shape index (κ1) is 29.2. The fourth-order valence-electron chi connectivity index (χ4n) is 6.26. The van der Waals surface area contributed by atoms with Gasteiger partial charge in [0.2, 0.25) is 0 Å². The standard InChI is InChI=1S/C28H27ClF3N3O5S/c1-35(20-11-15-34(16-12-20)19-9-13-33-14-10-19,25-8-6-18-5-7-21(17-22(18)25)40-27(36)37)41(38,39)26-23(28(30,31)32)3-2-4-24(26)29/h2-5,7,9-10,13-14,17,20,25H,6,8,11-12,15-16H2,1H3/p+1. The lowest BCUT2D eigenvalue weighted by Gasteiger charge is -2.47. The van der Waals surface area contributed by atoms with Crippen LogP contribution in [0.5, 0.6) is 5.75 Å². The van der Waals surface area contributed by atoms with Crippen molar-refractivity contribution in [2.45, 2.75) is 48.8 Å². The van der Waals surface area contributed by atoms with Gasteiger partial charge in [0.15, 0.2) is 4.90 Å². The monoisotopic (exact) mass is 610 g/mol. The molecule has 2 heterocycles. The number of pyridine rings is 1. The van der Waals surface area contributed by atoms with E-state index in [1.165, 1.54) is 19.2 Å². The van der Waals surface area contributed by atoms with Crippen molar-refractivity contribution < 1.29 is 40.1 Å². The molecular formula is C28H28ClF3N3O5S+. The predicted octanol–water partition coefficient (Wildman–Crippen LogP) is 6.30. The van der Waals surface area contributed by atoms with Crippen LogP contribution in [0.25, 0.3) is 0 Å². The van der Waals surface area contributed by atoms with E-state index >= 15 is 0 Å². The van der Waals surface area contributed by atoms with Crippen molar-refractivity contribution >= 4 is 33.5 Å². The van der Waals surface area contributed by atoms with Gasteiger partial charge in [-0.05, 0) is 48.4 Å². The first-order valence-electron chi connectivity index (χ1n) is 13.0. The number of quaternary nitrogens is 1. The number of carboxylic acid groups (broad SMARTS) is 1. The van der Waals surface area contributed by atoms with Crippen molar-refractivity contribution in [3.8, 4) is 5.75 Å². The van der Waals surface area contributed by atoms with Gasteiger partial charge in [0.1, 0.15) is 17.8 Å². The summed E-state index contributed by atoms with van der Waals surface area (Å²) in [6.45, 7) is 0.961. The van der Waals surface area contributed by atoms with Crippen molar-refractivity contribution in [1.29, 1.82) is 0 Å². The van der Waals surface area contributed by atoms with Crippen molar-refractivity contribution in [2.75, 3.05) is 25.0 Å². The van der Waals surface area contributed by atoms with Gasteiger partial charge in [0, 0.05) is 56.0 Å². The molecular weight excluding hydrogens is 583 g/mol. The first-order chi connectivity index (χ1) is 19.3. The zero-order valence-electron chi connectivity index (χ0n) is 22.0. The molecule has 5 rings (SSSR count). The number of piperidine rings is 1. The number of benzene rings is 2. The van der Waals surface area contributed by atoms with E-state index in [0.29, 0.717) is 44.3 Å². The summed E-state index contributed by atoms with van der Waals surface area (Å²) in [6.07, 6.45) is -1.61. The number of hydrogen-bond donors (Lipinski definition) is 1. The van der Waals surface area contributed by atoms with E-state index in [9.17, 15) is 26.4 Å². The third kappa shape index (κ3) is 5.24. The molecule has 2 aliphatic rings. The molecule has 13 heteroatoms. The Morgan fingerprint density at radius 3 is 2.41 bits per heavy atom. The van der Waals surface area contributed by atoms with Crippen LogP contribution < -0.4 is 9.64 Å². The summed E-state index contributed by atoms with van der Waals surface area (Å²) < 4.78 is 76.1. The molecule has 0 radical (unpaired) electrons. The highest BCUT2D eigenvalue weighted by Gasteiger charge is 2.56. The molecule has 41 heavy (non-hydrogen) atoms. The van der Waals surface area contributed by atoms with E-state index in [2.05, 4.69) is 9.88 Å². The van der Waals surface area contributed by atoms with Crippen LogP contribution in [0.4, 0.5) is 23.7 Å². The van der Waals surface area contributed by atoms with Gasteiger partial charge in [-0.3, -0.25) is 4.98 Å². The molecule has 1 saturated heterocycles. The number of alkyl halides is 3. The average Bonchev–Trinajstić information content (AvgIpc) is 3.35. The van der Waals surface area contributed by atoms with E-state index in [4.69, 9.17) is 21.4 Å². The van der Waals surface area contributed by atoms with E-state index in [1.807, 2.05) is 12.1 Å². The second-order valence-corrected chi connectivity index (χ2v) is 12.9. The van der Waals surface area contributed by atoms with Gasteiger partial charge in [-0.25, -0.2) is 8.68 Å². The highest BCUT2D eigenvalue weighted by molar-refractivity contribution is 7.86. The average molecular weight is 611 g/mol. The number of rotatable bonds is 6. The van der Waals surface area contributed by atoms with E-state index in [-0.39, 0.29) is 5.75 Å². The highest BCUT2D eigenvalue weighted by atomic mass is 35.5. The number of fused-ring (bicyclic) bond motifs is 1. The summed E-state index contributed by atoms with van der Waals surface area (Å²) in [5.74, 6) is 0.00771. The van der Waals surface area contributed by atoms with E-state index in [0.717, 1.165) is 29.4 Å². The van der Waals surface area contributed by atoms with Gasteiger partial charge in [0.25, 0.3) is 0 Å². The smallest absolute Gasteiger partial charge is 0.449 e. The lowest BCUT2D eigenvalue weighted by molar-refractivity contribution is -0.846. The molecule has 2 unspecified atom stereocenters. The second kappa shape index (κ2) is 10.8. The Bertz CT molecular complexity index is 1560. The van der Waals surface area contributed by atoms with Crippen LogP contribution in [-0.2, 0) is 22.6 Å². The molecule has 3 aromatic rings. The zero-order valence-corrected chi connectivity index (χ0v) is 23.6. The van der Waals surface area contributed by atoms with Gasteiger partial charge in [-0.15, -0.1) is 0 Å². The van der Waals surface area contributed by atoms with Crippen LogP contribution in [0.2, 0.25) is 5.02 Å². The SMILES string of the molecule is C[N+](C1CCN(c2ccncc2)CC1)(C1CCc2ccc(OC(=O)O)cc21)S(=O)(=O)c1c(Cl)cccc1C(F)(F)F. The van der Waals surface area contributed by atoms with Gasteiger partial charge < -0.3 is 14.7 Å². The minimum absolute atomic E-state index is 0.00771. The maximum Gasteiger partial charge on any atom is 0.511 e. The number of hydrogen-bond acceptors (Lipinski definition) is 6. The Morgan fingerprint density at radius 2 is 1.78 bits per heavy atom. The highest BCUT2D eigenvalue weighted by Crippen LogP contribution is 2.50. The lowest BCUT2D eigenvalue weighted by atomic mass is 9.98. The molecule has 0 bridgehead atoms. The molecule has 1 aliphatic carbocycles. The molecule has 1 fully saturated rings. The van der Waals surface area contributed by atoms with Crippen molar-refractivity contribution in [1.82, 2.24) is 4.98 Å². The van der Waals surface area contributed by atoms with Crippen molar-refractivity contribution in [3.05, 3.63) is 82.6 Å². The molecule has 2 atom stereocenters. The summed E-state index contributed by atoms with van der Waals surface area (Å²) in [5.41, 5.74) is 0.927. The first-order valence-corrected chi connectivity index (χ1v) is 14.8. The molecule has 1 N–H and O–H groups in total. The molecule has 218 valence electrons. The quantitative estimate of drug-likeness (QED) is 0.199. The number of sulfonamides is 1. The molecule has 1 aliphatic heterocycles. The number of aryl methyl sites for hydroxylation is 1. The van der Waals surface area contributed by atoms with Crippen LogP contribution in [0.3, 0.4) is 0 Å². The Balaban J connectivity index is 1.64. The fourth-order valence-corrected chi connectivity index (χ4v) is 9.05. The molecule has 0 amide bonds. The minimum atomic E-state index is -4.96. The second-order valence-electron chi connectivity index (χ2n) is 10.4. The van der Waals surface area contributed by atoms with E-state index in [1.54, 1.807) is 18.5 Å². The lowest BCUT2D eigenvalue weighted by Crippen LogP contribution is -2.60. The van der Waals surface area contributed by atoms with Crippen LogP contribution in [0.15, 0.2) is 65.8 Å². The molecule has 8 nitrogen and oxygen atoms in total. The number of nitrogens with zero attached hydrogens (tertiary/aromatic N) is 3. The molecule has 1 aromatic heterocycles. The summed E-state index contributed by atoms with van der Waals surface area (Å²) in [5, 5.41) is 8.63. The zero-order chi connectivity index (χ0) is 29.6. The summed E-state index contributed by atoms with van der Waals surface area (Å²) in [6, 6.07) is 9.93.